The Bertz CT molecular complexity index is 1050. The summed E-state index contributed by atoms with van der Waals surface area (Å²) >= 11 is 0. The number of nitro groups is 1. The number of nitrogens with zero attached hydrogens (tertiary/aromatic N) is 2. The van der Waals surface area contributed by atoms with Gasteiger partial charge in [-0.3, -0.25) is 29.4 Å². The van der Waals surface area contributed by atoms with Gasteiger partial charge in [0.25, 0.3) is 23.4 Å². The van der Waals surface area contributed by atoms with Gasteiger partial charge in [0.05, 0.1) is 28.7 Å². The Labute approximate surface area is 176 Å². The van der Waals surface area contributed by atoms with Gasteiger partial charge >= 0.3 is 0 Å². The first-order chi connectivity index (χ1) is 14.9. The van der Waals surface area contributed by atoms with Crippen LogP contribution in [0, 0.1) is 10.1 Å². The first kappa shape index (κ1) is 20.5. The van der Waals surface area contributed by atoms with Crippen molar-refractivity contribution in [3.8, 4) is 5.75 Å². The van der Waals surface area contributed by atoms with Gasteiger partial charge in [0, 0.05) is 24.4 Å². The average Bonchev–Trinajstić information content (AvgIpc) is 3.36. The molecule has 2 aromatic rings. The van der Waals surface area contributed by atoms with E-state index in [1.807, 2.05) is 0 Å². The van der Waals surface area contributed by atoms with Crippen molar-refractivity contribution in [3.05, 3.63) is 63.7 Å². The Morgan fingerprint density at radius 2 is 1.90 bits per heavy atom. The van der Waals surface area contributed by atoms with Crippen LogP contribution in [0.3, 0.4) is 0 Å². The van der Waals surface area contributed by atoms with Gasteiger partial charge in [-0.05, 0) is 43.2 Å². The zero-order valence-corrected chi connectivity index (χ0v) is 16.4. The molecule has 3 amide bonds. The van der Waals surface area contributed by atoms with E-state index < -0.39 is 16.7 Å². The van der Waals surface area contributed by atoms with Crippen molar-refractivity contribution in [1.29, 1.82) is 0 Å². The van der Waals surface area contributed by atoms with Crippen molar-refractivity contribution < 1.29 is 28.8 Å². The van der Waals surface area contributed by atoms with Crippen LogP contribution in [-0.2, 0) is 9.53 Å². The Balaban J connectivity index is 1.36. The van der Waals surface area contributed by atoms with Crippen molar-refractivity contribution in [2.24, 2.45) is 0 Å². The second-order valence-corrected chi connectivity index (χ2v) is 7.20. The molecular weight excluding hydrogens is 406 g/mol. The lowest BCUT2D eigenvalue weighted by atomic mass is 10.1. The Kier molecular flexibility index (Phi) is 5.63. The minimum absolute atomic E-state index is 0.0808. The first-order valence-electron chi connectivity index (χ1n) is 9.71. The highest BCUT2D eigenvalue weighted by Gasteiger charge is 2.37. The van der Waals surface area contributed by atoms with Crippen LogP contribution in [0.5, 0.6) is 5.75 Å². The fourth-order valence-electron chi connectivity index (χ4n) is 3.54. The van der Waals surface area contributed by atoms with Gasteiger partial charge < -0.3 is 14.8 Å². The number of carbonyl (C=O) groups excluding carboxylic acids is 3. The van der Waals surface area contributed by atoms with Gasteiger partial charge in [-0.1, -0.05) is 0 Å². The number of amides is 3. The van der Waals surface area contributed by atoms with Crippen LogP contribution in [0.25, 0.3) is 0 Å². The summed E-state index contributed by atoms with van der Waals surface area (Å²) < 4.78 is 10.8. The molecule has 0 aromatic heterocycles. The quantitative estimate of drug-likeness (QED) is 0.410. The SMILES string of the molecule is O=C(COc1ccc([N+](=O)[O-])cc1)Nc1ccc2c(c1)C(=O)N(CC1CCCO1)C2=O. The smallest absolute Gasteiger partial charge is 0.269 e. The summed E-state index contributed by atoms with van der Waals surface area (Å²) in [6.45, 7) is 0.524. The number of nitro benzene ring substituents is 1. The number of hydrogen-bond donors (Lipinski definition) is 1. The van der Waals surface area contributed by atoms with Gasteiger partial charge in [0.1, 0.15) is 5.75 Å². The average molecular weight is 425 g/mol. The van der Waals surface area contributed by atoms with E-state index in [0.717, 1.165) is 12.8 Å². The number of rotatable bonds is 7. The van der Waals surface area contributed by atoms with E-state index in [1.54, 1.807) is 6.07 Å². The molecule has 0 aliphatic carbocycles. The Morgan fingerprint density at radius 3 is 2.58 bits per heavy atom. The molecular formula is C21H19N3O7. The van der Waals surface area contributed by atoms with Crippen LogP contribution in [0.4, 0.5) is 11.4 Å². The molecule has 0 bridgehead atoms. The minimum Gasteiger partial charge on any atom is -0.484 e. The number of ether oxygens (including phenoxy) is 2. The normalized spacial score (nSPS) is 17.5. The molecule has 2 aromatic carbocycles. The molecule has 1 fully saturated rings. The molecule has 4 rings (SSSR count). The summed E-state index contributed by atoms with van der Waals surface area (Å²) in [5.74, 6) is -0.949. The number of fused-ring (bicyclic) bond motifs is 1. The molecule has 10 heteroatoms. The molecule has 2 aliphatic rings. The lowest BCUT2D eigenvalue weighted by Gasteiger charge is -2.17. The number of hydrogen-bond acceptors (Lipinski definition) is 7. The standard InChI is InChI=1S/C21H19N3O7/c25-19(12-31-15-6-4-14(5-7-15)24(28)29)22-13-3-8-17-18(10-13)21(27)23(20(17)26)11-16-2-1-9-30-16/h3-8,10,16H,1-2,9,11-12H2,(H,22,25). The lowest BCUT2D eigenvalue weighted by Crippen LogP contribution is -2.36. The second-order valence-electron chi connectivity index (χ2n) is 7.20. The molecule has 2 aliphatic heterocycles. The van der Waals surface area contributed by atoms with E-state index in [2.05, 4.69) is 5.32 Å². The first-order valence-corrected chi connectivity index (χ1v) is 9.71. The Morgan fingerprint density at radius 1 is 1.16 bits per heavy atom. The van der Waals surface area contributed by atoms with E-state index >= 15 is 0 Å². The maximum atomic E-state index is 12.7. The zero-order valence-electron chi connectivity index (χ0n) is 16.4. The summed E-state index contributed by atoms with van der Waals surface area (Å²) in [7, 11) is 0. The van der Waals surface area contributed by atoms with E-state index in [-0.39, 0.29) is 36.4 Å². The largest absolute Gasteiger partial charge is 0.484 e. The molecule has 1 saturated heterocycles. The van der Waals surface area contributed by atoms with Crippen molar-refractivity contribution in [1.82, 2.24) is 4.90 Å². The van der Waals surface area contributed by atoms with Crippen molar-refractivity contribution in [2.45, 2.75) is 18.9 Å². The van der Waals surface area contributed by atoms with E-state index in [0.29, 0.717) is 23.6 Å². The molecule has 1 N–H and O–H groups in total. The monoisotopic (exact) mass is 425 g/mol. The summed E-state index contributed by atoms with van der Waals surface area (Å²) in [4.78, 5) is 48.7. The van der Waals surface area contributed by atoms with Gasteiger partial charge in [-0.25, -0.2) is 0 Å². The van der Waals surface area contributed by atoms with Crippen molar-refractivity contribution >= 4 is 29.1 Å². The van der Waals surface area contributed by atoms with Crippen LogP contribution in [0.2, 0.25) is 0 Å². The van der Waals surface area contributed by atoms with Gasteiger partial charge in [-0.15, -0.1) is 0 Å². The maximum absolute atomic E-state index is 12.7. The van der Waals surface area contributed by atoms with Crippen molar-refractivity contribution in [2.75, 3.05) is 25.1 Å². The lowest BCUT2D eigenvalue weighted by molar-refractivity contribution is -0.384. The minimum atomic E-state index is -0.529. The van der Waals surface area contributed by atoms with Gasteiger partial charge in [0.2, 0.25) is 0 Å². The zero-order chi connectivity index (χ0) is 22.0. The number of nitrogens with one attached hydrogen (secondary N) is 1. The van der Waals surface area contributed by atoms with E-state index in [9.17, 15) is 24.5 Å². The van der Waals surface area contributed by atoms with Gasteiger partial charge in [0.15, 0.2) is 6.61 Å². The predicted molar refractivity (Wildman–Crippen MR) is 108 cm³/mol. The molecule has 1 unspecified atom stereocenters. The summed E-state index contributed by atoms with van der Waals surface area (Å²) in [5, 5.41) is 13.3. The third-order valence-corrected chi connectivity index (χ3v) is 5.08. The fourth-order valence-corrected chi connectivity index (χ4v) is 3.54. The predicted octanol–water partition coefficient (Wildman–Crippen LogP) is 2.39. The molecule has 160 valence electrons. The third-order valence-electron chi connectivity index (χ3n) is 5.08. The third kappa shape index (κ3) is 4.38. The molecule has 0 saturated carbocycles. The summed E-state index contributed by atoms with van der Waals surface area (Å²) in [6, 6.07) is 9.87. The number of carbonyl (C=O) groups is 3. The topological polar surface area (TPSA) is 128 Å². The highest BCUT2D eigenvalue weighted by molar-refractivity contribution is 6.21. The van der Waals surface area contributed by atoms with Crippen LogP contribution >= 0.6 is 0 Å². The van der Waals surface area contributed by atoms with Crippen LogP contribution < -0.4 is 10.1 Å². The van der Waals surface area contributed by atoms with Crippen LogP contribution in [-0.4, -0.2) is 53.4 Å². The molecule has 0 spiro atoms. The highest BCUT2D eigenvalue weighted by atomic mass is 16.6. The van der Waals surface area contributed by atoms with Gasteiger partial charge in [-0.2, -0.15) is 0 Å². The molecule has 31 heavy (non-hydrogen) atoms. The number of imide groups is 1. The number of non-ortho nitro benzene ring substituents is 1. The fraction of sp³-hybridized carbons (Fsp3) is 0.286. The van der Waals surface area contributed by atoms with Crippen LogP contribution in [0.1, 0.15) is 33.6 Å². The highest BCUT2D eigenvalue weighted by Crippen LogP contribution is 2.27. The Hall–Kier alpha value is -3.79. The molecule has 2 heterocycles. The molecule has 0 radical (unpaired) electrons. The summed E-state index contributed by atoms with van der Waals surface area (Å²) in [6.07, 6.45) is 1.58. The van der Waals surface area contributed by atoms with Crippen LogP contribution in [0.15, 0.2) is 42.5 Å². The molecule has 1 atom stereocenters. The maximum Gasteiger partial charge on any atom is 0.269 e. The molecule has 10 nitrogen and oxygen atoms in total. The second kappa shape index (κ2) is 8.52. The summed E-state index contributed by atoms with van der Waals surface area (Å²) in [5.41, 5.74) is 0.805. The van der Waals surface area contributed by atoms with E-state index in [1.165, 1.54) is 41.3 Å². The van der Waals surface area contributed by atoms with E-state index in [4.69, 9.17) is 9.47 Å². The number of anilines is 1. The van der Waals surface area contributed by atoms with Crippen molar-refractivity contribution in [3.63, 3.8) is 0 Å². The number of benzene rings is 2.